The van der Waals surface area contributed by atoms with Crippen molar-refractivity contribution in [1.82, 2.24) is 10.6 Å². The van der Waals surface area contributed by atoms with Gasteiger partial charge in [-0.25, -0.2) is 9.18 Å². The molecule has 0 aliphatic carbocycles. The molecule has 0 radical (unpaired) electrons. The third-order valence-corrected chi connectivity index (χ3v) is 5.68. The summed E-state index contributed by atoms with van der Waals surface area (Å²) < 4.78 is 20.3. The molecule has 6 heteroatoms. The maximum atomic E-state index is 13.9. The smallest absolute Gasteiger partial charge is 0.333 e. The summed E-state index contributed by atoms with van der Waals surface area (Å²) in [5.74, 6) is -0.183. The van der Waals surface area contributed by atoms with Gasteiger partial charge in [-0.3, -0.25) is 0 Å². The fourth-order valence-electron chi connectivity index (χ4n) is 3.82. The first-order valence-corrected chi connectivity index (χ1v) is 10.7. The monoisotopic (exact) mass is 448 g/mol. The molecular weight excluding hydrogens is 419 g/mol. The average molecular weight is 449 g/mol. The van der Waals surface area contributed by atoms with Crippen LogP contribution in [0.1, 0.15) is 43.5 Å². The molecule has 2 heterocycles. The number of benzene rings is 1. The van der Waals surface area contributed by atoms with Crippen molar-refractivity contribution in [2.75, 3.05) is 6.54 Å². The van der Waals surface area contributed by atoms with Gasteiger partial charge in [0.2, 0.25) is 0 Å². The number of hydrogen-bond acceptors (Lipinski definition) is 4. The molecule has 172 valence electrons. The van der Waals surface area contributed by atoms with E-state index in [0.29, 0.717) is 29.3 Å². The predicted octanol–water partition coefficient (Wildman–Crippen LogP) is 5.77. The molecule has 1 aromatic carbocycles. The fraction of sp³-hybridized carbons (Fsp3) is 0.222. The molecule has 0 amide bonds. The topological polar surface area (TPSA) is 70.6 Å². The predicted molar refractivity (Wildman–Crippen MR) is 130 cm³/mol. The summed E-state index contributed by atoms with van der Waals surface area (Å²) in [6.07, 6.45) is 7.72. The molecule has 0 fully saturated rings. The minimum Gasteiger partial charge on any atom is -0.478 e. The van der Waals surface area contributed by atoms with Gasteiger partial charge < -0.3 is 20.5 Å². The molecule has 3 rings (SSSR count). The number of carbonyl (C=O) groups is 1. The highest BCUT2D eigenvalue weighted by Crippen LogP contribution is 2.44. The Hall–Kier alpha value is -3.80. The van der Waals surface area contributed by atoms with E-state index < -0.39 is 5.97 Å². The van der Waals surface area contributed by atoms with Gasteiger partial charge in [0.05, 0.1) is 11.6 Å². The van der Waals surface area contributed by atoms with E-state index in [1.807, 2.05) is 32.9 Å². The second-order valence-corrected chi connectivity index (χ2v) is 8.15. The van der Waals surface area contributed by atoms with Crippen molar-refractivity contribution >= 4 is 11.5 Å². The molecule has 1 unspecified atom stereocenters. The van der Waals surface area contributed by atoms with Gasteiger partial charge in [-0.05, 0) is 62.6 Å². The van der Waals surface area contributed by atoms with Gasteiger partial charge in [0.15, 0.2) is 0 Å². The van der Waals surface area contributed by atoms with Crippen LogP contribution >= 0.6 is 0 Å². The maximum absolute atomic E-state index is 13.9. The quantitative estimate of drug-likeness (QED) is 0.365. The fourth-order valence-corrected chi connectivity index (χ4v) is 3.82. The van der Waals surface area contributed by atoms with Crippen molar-refractivity contribution in [1.29, 1.82) is 0 Å². The number of ether oxygens (including phenoxy) is 1. The number of hydrogen-bond donors (Lipinski definition) is 3. The Morgan fingerprint density at radius 3 is 2.73 bits per heavy atom. The summed E-state index contributed by atoms with van der Waals surface area (Å²) in [7, 11) is 0. The minimum absolute atomic E-state index is 0.184. The van der Waals surface area contributed by atoms with Crippen LogP contribution in [0.15, 0.2) is 89.8 Å². The zero-order valence-corrected chi connectivity index (χ0v) is 19.4. The summed E-state index contributed by atoms with van der Waals surface area (Å²) in [5, 5.41) is 15.7. The van der Waals surface area contributed by atoms with Gasteiger partial charge in [-0.15, -0.1) is 0 Å². The van der Waals surface area contributed by atoms with E-state index in [-0.39, 0.29) is 17.4 Å². The first-order chi connectivity index (χ1) is 15.6. The lowest BCUT2D eigenvalue weighted by atomic mass is 9.89. The number of halogens is 1. The Morgan fingerprint density at radius 2 is 2.09 bits per heavy atom. The molecular formula is C27H29FN2O3. The Morgan fingerprint density at radius 1 is 1.36 bits per heavy atom. The normalized spacial score (nSPS) is 17.3. The Kier molecular flexibility index (Phi) is 7.07. The van der Waals surface area contributed by atoms with E-state index in [4.69, 9.17) is 4.74 Å². The highest BCUT2D eigenvalue weighted by atomic mass is 19.1. The van der Waals surface area contributed by atoms with Crippen molar-refractivity contribution in [2.45, 2.75) is 33.7 Å². The number of allylic oxidation sites excluding steroid dienone is 7. The van der Waals surface area contributed by atoms with Gasteiger partial charge in [0.1, 0.15) is 17.3 Å². The molecule has 2 aliphatic heterocycles. The SMILES string of the molecule is C=C/C=C\C(NC(C)c1cc(C)cc2c1OC(C1=CC(F)=CNC1)=C(C)C2=C)=C(/C)C(=O)O. The third-order valence-electron chi connectivity index (χ3n) is 5.68. The van der Waals surface area contributed by atoms with Crippen molar-refractivity contribution in [2.24, 2.45) is 0 Å². The van der Waals surface area contributed by atoms with E-state index in [0.717, 1.165) is 27.8 Å². The van der Waals surface area contributed by atoms with Crippen LogP contribution in [-0.4, -0.2) is 17.6 Å². The van der Waals surface area contributed by atoms with Crippen LogP contribution in [0, 0.1) is 6.92 Å². The lowest BCUT2D eigenvalue weighted by Crippen LogP contribution is -2.24. The number of aliphatic carboxylic acids is 1. The van der Waals surface area contributed by atoms with E-state index in [9.17, 15) is 14.3 Å². The van der Waals surface area contributed by atoms with Crippen LogP contribution in [-0.2, 0) is 4.79 Å². The van der Waals surface area contributed by atoms with E-state index >= 15 is 0 Å². The van der Waals surface area contributed by atoms with Crippen LogP contribution in [0.5, 0.6) is 5.75 Å². The van der Waals surface area contributed by atoms with E-state index in [1.54, 1.807) is 25.2 Å². The third kappa shape index (κ3) is 5.00. The largest absolute Gasteiger partial charge is 0.478 e. The highest BCUT2D eigenvalue weighted by Gasteiger charge is 2.28. The molecule has 0 saturated heterocycles. The minimum atomic E-state index is -1.01. The van der Waals surface area contributed by atoms with Gasteiger partial charge in [0.25, 0.3) is 0 Å². The van der Waals surface area contributed by atoms with Crippen molar-refractivity contribution in [3.05, 3.63) is 106 Å². The van der Waals surface area contributed by atoms with Crippen LogP contribution in [0.3, 0.4) is 0 Å². The van der Waals surface area contributed by atoms with Gasteiger partial charge >= 0.3 is 5.97 Å². The van der Waals surface area contributed by atoms with Crippen molar-refractivity contribution in [3.8, 4) is 5.75 Å². The highest BCUT2D eigenvalue weighted by molar-refractivity contribution is 5.87. The van der Waals surface area contributed by atoms with Crippen LogP contribution < -0.4 is 15.4 Å². The molecule has 3 N–H and O–H groups in total. The molecule has 0 spiro atoms. The summed E-state index contributed by atoms with van der Waals surface area (Å²) in [6.45, 7) is 15.8. The van der Waals surface area contributed by atoms with E-state index in [2.05, 4.69) is 23.8 Å². The standard InChI is InChI=1S/C27H29FN2O3/c1-7-8-9-24(18(5)27(31)32)30-19(6)23-11-15(2)10-22-16(3)17(4)25(33-26(22)23)20-12-21(28)14-29-13-20/h7-12,14,19,29-30H,1,3,13H2,2,4-6H3,(H,31,32)/b9-8-,24-18-. The second-order valence-electron chi connectivity index (χ2n) is 8.15. The lowest BCUT2D eigenvalue weighted by Gasteiger charge is -2.30. The number of carboxylic acid groups (broad SMARTS) is 1. The number of dihydropyridines is 1. The number of fused-ring (bicyclic) bond motifs is 1. The van der Waals surface area contributed by atoms with E-state index in [1.165, 1.54) is 12.3 Å². The molecule has 1 atom stereocenters. The molecule has 5 nitrogen and oxygen atoms in total. The zero-order valence-electron chi connectivity index (χ0n) is 19.4. The number of nitrogens with one attached hydrogen (secondary N) is 2. The van der Waals surface area contributed by atoms with Gasteiger partial charge in [-0.2, -0.15) is 0 Å². The molecule has 33 heavy (non-hydrogen) atoms. The molecule has 0 bridgehead atoms. The summed E-state index contributed by atoms with van der Waals surface area (Å²) in [5.41, 5.74) is 5.74. The average Bonchev–Trinajstić information content (AvgIpc) is 2.78. The summed E-state index contributed by atoms with van der Waals surface area (Å²) in [6, 6.07) is 3.72. The Labute approximate surface area is 194 Å². The number of carboxylic acids is 1. The molecule has 0 aromatic heterocycles. The maximum Gasteiger partial charge on any atom is 0.333 e. The lowest BCUT2D eigenvalue weighted by molar-refractivity contribution is -0.132. The molecule has 2 aliphatic rings. The molecule has 1 aromatic rings. The number of rotatable bonds is 7. The van der Waals surface area contributed by atoms with Crippen molar-refractivity contribution < 1.29 is 19.0 Å². The Balaban J connectivity index is 2.07. The first kappa shape index (κ1) is 23.9. The van der Waals surface area contributed by atoms with Crippen LogP contribution in [0.4, 0.5) is 4.39 Å². The first-order valence-electron chi connectivity index (χ1n) is 10.7. The van der Waals surface area contributed by atoms with Crippen LogP contribution in [0.25, 0.3) is 5.57 Å². The zero-order chi connectivity index (χ0) is 24.3. The summed E-state index contributed by atoms with van der Waals surface area (Å²) in [4.78, 5) is 11.6. The van der Waals surface area contributed by atoms with Gasteiger partial charge in [-0.1, -0.05) is 31.4 Å². The van der Waals surface area contributed by atoms with Crippen molar-refractivity contribution in [3.63, 3.8) is 0 Å². The summed E-state index contributed by atoms with van der Waals surface area (Å²) >= 11 is 0. The van der Waals surface area contributed by atoms with Crippen LogP contribution in [0.2, 0.25) is 0 Å². The molecule has 0 saturated carbocycles. The Bertz CT molecular complexity index is 1180. The number of aryl methyl sites for hydroxylation is 1. The van der Waals surface area contributed by atoms with Gasteiger partial charge in [0, 0.05) is 35.1 Å². The second kappa shape index (κ2) is 9.77.